The van der Waals surface area contributed by atoms with Gasteiger partial charge < -0.3 is 10.6 Å². The molecule has 0 spiro atoms. The van der Waals surface area contributed by atoms with E-state index in [-0.39, 0.29) is 5.91 Å². The quantitative estimate of drug-likeness (QED) is 0.741. The first-order chi connectivity index (χ1) is 7.15. The molecular formula is C12H16N2O. The molecule has 0 atom stereocenters. The lowest BCUT2D eigenvalue weighted by atomic mass is 10.2. The first-order valence-electron chi connectivity index (χ1n) is 4.86. The molecule has 0 fully saturated rings. The third kappa shape index (κ3) is 3.13. The lowest BCUT2D eigenvalue weighted by Gasteiger charge is -2.08. The molecule has 0 heterocycles. The smallest absolute Gasteiger partial charge is 0.253 e. The van der Waals surface area contributed by atoms with Crippen molar-refractivity contribution in [3.8, 4) is 0 Å². The van der Waals surface area contributed by atoms with Gasteiger partial charge in [-0.25, -0.2) is 0 Å². The second kappa shape index (κ2) is 5.20. The van der Waals surface area contributed by atoms with Crippen molar-refractivity contribution in [3.63, 3.8) is 0 Å². The first kappa shape index (κ1) is 11.3. The second-order valence-electron chi connectivity index (χ2n) is 3.32. The predicted molar refractivity (Wildman–Crippen MR) is 62.5 cm³/mol. The topological polar surface area (TPSA) is 41.1 Å². The van der Waals surface area contributed by atoms with Gasteiger partial charge in [0.05, 0.1) is 0 Å². The van der Waals surface area contributed by atoms with Gasteiger partial charge in [-0.2, -0.15) is 0 Å². The molecule has 0 aliphatic rings. The molecule has 1 amide bonds. The van der Waals surface area contributed by atoms with E-state index in [2.05, 4.69) is 10.6 Å². The standard InChI is InChI=1S/C12H16N2O/c1-9(10(2)13-3)12(15)14-11-7-5-4-6-8-11/h4-8,13H,1-3H3,(H,14,15)/b10-9-. The molecule has 0 aromatic heterocycles. The van der Waals surface area contributed by atoms with E-state index < -0.39 is 0 Å². The Kier molecular flexibility index (Phi) is 3.92. The largest absolute Gasteiger partial charge is 0.391 e. The van der Waals surface area contributed by atoms with Crippen LogP contribution in [0, 0.1) is 0 Å². The van der Waals surface area contributed by atoms with Crippen molar-refractivity contribution in [1.29, 1.82) is 0 Å². The van der Waals surface area contributed by atoms with E-state index in [9.17, 15) is 4.79 Å². The minimum Gasteiger partial charge on any atom is -0.391 e. The number of benzene rings is 1. The number of carbonyl (C=O) groups is 1. The summed E-state index contributed by atoms with van der Waals surface area (Å²) in [6.07, 6.45) is 0. The number of amides is 1. The van der Waals surface area contributed by atoms with Crippen LogP contribution in [0.2, 0.25) is 0 Å². The minimum atomic E-state index is -0.0759. The van der Waals surface area contributed by atoms with Gasteiger partial charge in [0.2, 0.25) is 0 Å². The fourth-order valence-corrected chi connectivity index (χ4v) is 1.10. The molecule has 3 heteroatoms. The molecule has 0 saturated carbocycles. The summed E-state index contributed by atoms with van der Waals surface area (Å²) in [4.78, 5) is 11.7. The summed E-state index contributed by atoms with van der Waals surface area (Å²) in [5, 5.41) is 5.77. The number of nitrogens with one attached hydrogen (secondary N) is 2. The molecule has 2 N–H and O–H groups in total. The number of hydrogen-bond donors (Lipinski definition) is 2. The lowest BCUT2D eigenvalue weighted by Crippen LogP contribution is -2.17. The highest BCUT2D eigenvalue weighted by atomic mass is 16.1. The average Bonchev–Trinajstić information content (AvgIpc) is 2.28. The van der Waals surface area contributed by atoms with E-state index in [0.717, 1.165) is 11.4 Å². The van der Waals surface area contributed by atoms with Crippen molar-refractivity contribution >= 4 is 11.6 Å². The fourth-order valence-electron chi connectivity index (χ4n) is 1.10. The number of allylic oxidation sites excluding steroid dienone is 1. The summed E-state index contributed by atoms with van der Waals surface area (Å²) in [5.74, 6) is -0.0759. The van der Waals surface area contributed by atoms with Crippen LogP contribution in [0.15, 0.2) is 41.6 Å². The predicted octanol–water partition coefficient (Wildman–Crippen LogP) is 2.14. The van der Waals surface area contributed by atoms with Crippen LogP contribution in [0.4, 0.5) is 5.69 Å². The molecule has 0 unspecified atom stereocenters. The normalized spacial score (nSPS) is 11.7. The molecule has 15 heavy (non-hydrogen) atoms. The van der Waals surface area contributed by atoms with Crippen LogP contribution >= 0.6 is 0 Å². The van der Waals surface area contributed by atoms with Crippen LogP contribution in [0.3, 0.4) is 0 Å². The zero-order valence-electron chi connectivity index (χ0n) is 9.29. The van der Waals surface area contributed by atoms with Gasteiger partial charge in [0.15, 0.2) is 0 Å². The van der Waals surface area contributed by atoms with Gasteiger partial charge in [0.1, 0.15) is 0 Å². The monoisotopic (exact) mass is 204 g/mol. The Balaban J connectivity index is 2.73. The minimum absolute atomic E-state index is 0.0759. The summed E-state index contributed by atoms with van der Waals surface area (Å²) >= 11 is 0. The molecule has 0 saturated heterocycles. The Morgan fingerprint density at radius 2 is 1.73 bits per heavy atom. The fraction of sp³-hybridized carbons (Fsp3) is 0.250. The molecule has 0 radical (unpaired) electrons. The number of anilines is 1. The van der Waals surface area contributed by atoms with Gasteiger partial charge in [0.25, 0.3) is 5.91 Å². The highest BCUT2D eigenvalue weighted by Crippen LogP contribution is 2.08. The van der Waals surface area contributed by atoms with E-state index in [1.165, 1.54) is 0 Å². The van der Waals surface area contributed by atoms with Crippen molar-refractivity contribution in [1.82, 2.24) is 5.32 Å². The third-order valence-electron chi connectivity index (χ3n) is 2.31. The van der Waals surface area contributed by atoms with Crippen LogP contribution in [0.25, 0.3) is 0 Å². The molecule has 1 aromatic carbocycles. The number of rotatable bonds is 3. The van der Waals surface area contributed by atoms with Crippen molar-refractivity contribution in [3.05, 3.63) is 41.6 Å². The molecule has 3 nitrogen and oxygen atoms in total. The maximum atomic E-state index is 11.7. The summed E-state index contributed by atoms with van der Waals surface area (Å²) in [5.41, 5.74) is 2.38. The van der Waals surface area contributed by atoms with E-state index in [1.807, 2.05) is 37.3 Å². The van der Waals surface area contributed by atoms with Crippen LogP contribution in [0.5, 0.6) is 0 Å². The Bertz CT molecular complexity index is 368. The van der Waals surface area contributed by atoms with E-state index in [1.54, 1.807) is 14.0 Å². The average molecular weight is 204 g/mol. The van der Waals surface area contributed by atoms with E-state index in [4.69, 9.17) is 0 Å². The van der Waals surface area contributed by atoms with Crippen molar-refractivity contribution < 1.29 is 4.79 Å². The van der Waals surface area contributed by atoms with Gasteiger partial charge in [-0.1, -0.05) is 18.2 Å². The Morgan fingerprint density at radius 3 is 2.27 bits per heavy atom. The Labute approximate surface area is 90.2 Å². The molecule has 0 aliphatic heterocycles. The van der Waals surface area contributed by atoms with Crippen LogP contribution in [-0.4, -0.2) is 13.0 Å². The first-order valence-corrected chi connectivity index (χ1v) is 4.86. The van der Waals surface area contributed by atoms with Gasteiger partial charge >= 0.3 is 0 Å². The lowest BCUT2D eigenvalue weighted by molar-refractivity contribution is -0.112. The molecule has 0 aliphatic carbocycles. The highest BCUT2D eigenvalue weighted by molar-refractivity contribution is 6.03. The van der Waals surface area contributed by atoms with E-state index in [0.29, 0.717) is 5.57 Å². The number of para-hydroxylation sites is 1. The highest BCUT2D eigenvalue weighted by Gasteiger charge is 2.06. The summed E-state index contributed by atoms with van der Waals surface area (Å²) in [6.45, 7) is 3.67. The maximum absolute atomic E-state index is 11.7. The summed E-state index contributed by atoms with van der Waals surface area (Å²) < 4.78 is 0. The summed E-state index contributed by atoms with van der Waals surface area (Å²) in [6, 6.07) is 9.41. The van der Waals surface area contributed by atoms with Crippen molar-refractivity contribution in [2.75, 3.05) is 12.4 Å². The van der Waals surface area contributed by atoms with Gasteiger partial charge in [-0.3, -0.25) is 4.79 Å². The molecule has 1 aromatic rings. The van der Waals surface area contributed by atoms with Crippen molar-refractivity contribution in [2.45, 2.75) is 13.8 Å². The zero-order valence-corrected chi connectivity index (χ0v) is 9.29. The molecule has 80 valence electrons. The second-order valence-corrected chi connectivity index (χ2v) is 3.32. The molecular weight excluding hydrogens is 188 g/mol. The van der Waals surface area contributed by atoms with Gasteiger partial charge in [0, 0.05) is 24.0 Å². The number of carbonyl (C=O) groups excluding carboxylic acids is 1. The van der Waals surface area contributed by atoms with Crippen LogP contribution < -0.4 is 10.6 Å². The van der Waals surface area contributed by atoms with Crippen LogP contribution in [-0.2, 0) is 4.79 Å². The molecule has 1 rings (SSSR count). The van der Waals surface area contributed by atoms with Gasteiger partial charge in [-0.15, -0.1) is 0 Å². The van der Waals surface area contributed by atoms with Gasteiger partial charge in [-0.05, 0) is 26.0 Å². The van der Waals surface area contributed by atoms with Crippen LogP contribution in [0.1, 0.15) is 13.8 Å². The zero-order chi connectivity index (χ0) is 11.3. The Hall–Kier alpha value is -1.77. The SMILES string of the molecule is CN/C(C)=C(/C)C(=O)Nc1ccccc1. The summed E-state index contributed by atoms with van der Waals surface area (Å²) in [7, 11) is 1.80. The van der Waals surface area contributed by atoms with Crippen molar-refractivity contribution in [2.24, 2.45) is 0 Å². The Morgan fingerprint density at radius 1 is 1.13 bits per heavy atom. The van der Waals surface area contributed by atoms with E-state index >= 15 is 0 Å². The maximum Gasteiger partial charge on any atom is 0.253 e. The number of hydrogen-bond acceptors (Lipinski definition) is 2. The third-order valence-corrected chi connectivity index (χ3v) is 2.31. The molecule has 0 bridgehead atoms.